The third-order valence-corrected chi connectivity index (χ3v) is 5.56. The SMILES string of the molecule is CC(C)NCCCCCCc1csc2c(Br)cccc12. The molecule has 0 radical (unpaired) electrons. The summed E-state index contributed by atoms with van der Waals surface area (Å²) in [6, 6.07) is 7.13. The van der Waals surface area contributed by atoms with E-state index in [1.807, 2.05) is 11.3 Å². The van der Waals surface area contributed by atoms with Crippen molar-refractivity contribution < 1.29 is 0 Å². The molecule has 0 fully saturated rings. The number of fused-ring (bicyclic) bond motifs is 1. The second-order valence-electron chi connectivity index (χ2n) is 5.65. The van der Waals surface area contributed by atoms with Gasteiger partial charge in [-0.1, -0.05) is 38.8 Å². The summed E-state index contributed by atoms with van der Waals surface area (Å²) in [5.41, 5.74) is 1.52. The van der Waals surface area contributed by atoms with Crippen LogP contribution in [0.5, 0.6) is 0 Å². The maximum atomic E-state index is 3.64. The van der Waals surface area contributed by atoms with Gasteiger partial charge in [-0.25, -0.2) is 0 Å². The summed E-state index contributed by atoms with van der Waals surface area (Å²) < 4.78 is 2.62. The molecule has 1 heterocycles. The lowest BCUT2D eigenvalue weighted by atomic mass is 10.1. The van der Waals surface area contributed by atoms with Crippen LogP contribution in [0.4, 0.5) is 0 Å². The molecule has 2 rings (SSSR count). The first-order chi connectivity index (χ1) is 9.68. The van der Waals surface area contributed by atoms with E-state index in [2.05, 4.69) is 58.7 Å². The Hall–Kier alpha value is -0.380. The highest BCUT2D eigenvalue weighted by atomic mass is 79.9. The zero-order chi connectivity index (χ0) is 14.4. The molecular weight excluding hydrogens is 330 g/mol. The van der Waals surface area contributed by atoms with Gasteiger partial charge in [-0.3, -0.25) is 0 Å². The molecule has 0 aliphatic heterocycles. The van der Waals surface area contributed by atoms with Crippen LogP contribution in [0.3, 0.4) is 0 Å². The van der Waals surface area contributed by atoms with E-state index >= 15 is 0 Å². The van der Waals surface area contributed by atoms with E-state index in [9.17, 15) is 0 Å². The molecule has 0 bridgehead atoms. The molecule has 0 amide bonds. The molecule has 0 aliphatic rings. The number of thiophene rings is 1. The molecule has 2 aromatic rings. The van der Waals surface area contributed by atoms with Crippen molar-refractivity contribution in [2.45, 2.75) is 52.0 Å². The summed E-state index contributed by atoms with van der Waals surface area (Å²) >= 11 is 5.49. The van der Waals surface area contributed by atoms with Gasteiger partial charge in [-0.05, 0) is 64.1 Å². The highest BCUT2D eigenvalue weighted by Gasteiger charge is 2.06. The fraction of sp³-hybridized carbons (Fsp3) is 0.529. The minimum Gasteiger partial charge on any atom is -0.315 e. The Morgan fingerprint density at radius 2 is 1.95 bits per heavy atom. The van der Waals surface area contributed by atoms with Crippen molar-refractivity contribution >= 4 is 37.4 Å². The monoisotopic (exact) mass is 353 g/mol. The summed E-state index contributed by atoms with van der Waals surface area (Å²) in [5, 5.41) is 7.24. The molecule has 1 nitrogen and oxygen atoms in total. The van der Waals surface area contributed by atoms with Gasteiger partial charge in [0.1, 0.15) is 0 Å². The number of rotatable bonds is 8. The van der Waals surface area contributed by atoms with Crippen LogP contribution >= 0.6 is 27.3 Å². The average Bonchev–Trinajstić information content (AvgIpc) is 2.82. The zero-order valence-electron chi connectivity index (χ0n) is 12.4. The van der Waals surface area contributed by atoms with Gasteiger partial charge in [-0.15, -0.1) is 11.3 Å². The lowest BCUT2D eigenvalue weighted by Gasteiger charge is -2.07. The van der Waals surface area contributed by atoms with Crippen molar-refractivity contribution in [3.63, 3.8) is 0 Å². The van der Waals surface area contributed by atoms with E-state index < -0.39 is 0 Å². The maximum absolute atomic E-state index is 3.64. The van der Waals surface area contributed by atoms with Crippen LogP contribution in [0, 0.1) is 0 Å². The van der Waals surface area contributed by atoms with E-state index in [-0.39, 0.29) is 0 Å². The van der Waals surface area contributed by atoms with Crippen molar-refractivity contribution in [2.24, 2.45) is 0 Å². The van der Waals surface area contributed by atoms with Crippen LogP contribution in [-0.2, 0) is 6.42 Å². The number of benzene rings is 1. The molecular formula is C17H24BrNS. The number of aryl methyl sites for hydroxylation is 1. The van der Waals surface area contributed by atoms with E-state index in [1.165, 1.54) is 52.2 Å². The Morgan fingerprint density at radius 1 is 1.15 bits per heavy atom. The van der Waals surface area contributed by atoms with E-state index in [0.29, 0.717) is 6.04 Å². The predicted octanol–water partition coefficient (Wildman–Crippen LogP) is 5.76. The van der Waals surface area contributed by atoms with Crippen LogP contribution < -0.4 is 5.32 Å². The number of hydrogen-bond donors (Lipinski definition) is 1. The molecule has 1 aromatic carbocycles. The van der Waals surface area contributed by atoms with Crippen LogP contribution in [0.25, 0.3) is 10.1 Å². The zero-order valence-corrected chi connectivity index (χ0v) is 14.8. The molecule has 0 aliphatic carbocycles. The molecule has 1 aromatic heterocycles. The van der Waals surface area contributed by atoms with Gasteiger partial charge in [0.15, 0.2) is 0 Å². The first-order valence-corrected chi connectivity index (χ1v) is 9.23. The molecule has 0 spiro atoms. The van der Waals surface area contributed by atoms with Gasteiger partial charge in [0.2, 0.25) is 0 Å². The Labute approximate surface area is 134 Å². The van der Waals surface area contributed by atoms with Crippen molar-refractivity contribution in [2.75, 3.05) is 6.54 Å². The molecule has 1 N–H and O–H groups in total. The summed E-state index contributed by atoms with van der Waals surface area (Å²) in [6.45, 7) is 5.58. The standard InChI is InChI=1S/C17H24BrNS/c1-13(2)19-11-6-4-3-5-8-14-12-20-17-15(14)9-7-10-16(17)18/h7,9-10,12-13,19H,3-6,8,11H2,1-2H3. The first kappa shape index (κ1) is 16.0. The number of halogens is 1. The maximum Gasteiger partial charge on any atom is 0.0487 e. The van der Waals surface area contributed by atoms with Gasteiger partial charge in [-0.2, -0.15) is 0 Å². The molecule has 20 heavy (non-hydrogen) atoms. The average molecular weight is 354 g/mol. The summed E-state index contributed by atoms with van der Waals surface area (Å²) in [7, 11) is 0. The Kier molecular flexibility index (Phi) is 6.53. The van der Waals surface area contributed by atoms with Gasteiger partial charge < -0.3 is 5.32 Å². The topological polar surface area (TPSA) is 12.0 Å². The van der Waals surface area contributed by atoms with Crippen LogP contribution in [0.1, 0.15) is 45.1 Å². The third-order valence-electron chi connectivity index (χ3n) is 3.56. The molecule has 0 saturated heterocycles. The van der Waals surface area contributed by atoms with Crippen molar-refractivity contribution in [3.05, 3.63) is 33.6 Å². The van der Waals surface area contributed by atoms with E-state index in [0.717, 1.165) is 6.54 Å². The van der Waals surface area contributed by atoms with Gasteiger partial charge in [0, 0.05) is 15.2 Å². The number of hydrogen-bond acceptors (Lipinski definition) is 2. The van der Waals surface area contributed by atoms with Gasteiger partial charge >= 0.3 is 0 Å². The molecule has 110 valence electrons. The minimum absolute atomic E-state index is 0.616. The Morgan fingerprint density at radius 3 is 2.75 bits per heavy atom. The summed E-state index contributed by atoms with van der Waals surface area (Å²) in [5.74, 6) is 0. The lowest BCUT2D eigenvalue weighted by Crippen LogP contribution is -2.23. The van der Waals surface area contributed by atoms with Crippen molar-refractivity contribution in [3.8, 4) is 0 Å². The third kappa shape index (κ3) is 4.57. The Balaban J connectivity index is 1.72. The Bertz CT molecular complexity index is 533. The van der Waals surface area contributed by atoms with Crippen LogP contribution in [0.15, 0.2) is 28.1 Å². The number of nitrogens with one attached hydrogen (secondary N) is 1. The van der Waals surface area contributed by atoms with E-state index in [4.69, 9.17) is 0 Å². The first-order valence-electron chi connectivity index (χ1n) is 7.56. The van der Waals surface area contributed by atoms with Crippen molar-refractivity contribution in [1.82, 2.24) is 5.32 Å². The fourth-order valence-electron chi connectivity index (χ4n) is 2.45. The smallest absolute Gasteiger partial charge is 0.0487 e. The van der Waals surface area contributed by atoms with Crippen molar-refractivity contribution in [1.29, 1.82) is 0 Å². The minimum atomic E-state index is 0.616. The van der Waals surface area contributed by atoms with Gasteiger partial charge in [0.25, 0.3) is 0 Å². The van der Waals surface area contributed by atoms with E-state index in [1.54, 1.807) is 0 Å². The number of unbranched alkanes of at least 4 members (excludes halogenated alkanes) is 3. The fourth-order valence-corrected chi connectivity index (χ4v) is 4.11. The molecule has 0 saturated carbocycles. The highest BCUT2D eigenvalue weighted by molar-refractivity contribution is 9.10. The molecule has 3 heteroatoms. The van der Waals surface area contributed by atoms with Crippen LogP contribution in [-0.4, -0.2) is 12.6 Å². The predicted molar refractivity (Wildman–Crippen MR) is 94.8 cm³/mol. The normalized spacial score (nSPS) is 11.6. The highest BCUT2D eigenvalue weighted by Crippen LogP contribution is 2.32. The summed E-state index contributed by atoms with van der Waals surface area (Å²) in [4.78, 5) is 0. The molecule has 0 atom stereocenters. The second-order valence-corrected chi connectivity index (χ2v) is 7.38. The molecule has 0 unspecified atom stereocenters. The van der Waals surface area contributed by atoms with Crippen LogP contribution in [0.2, 0.25) is 0 Å². The van der Waals surface area contributed by atoms with Gasteiger partial charge in [0.05, 0.1) is 0 Å². The quantitative estimate of drug-likeness (QED) is 0.594. The largest absolute Gasteiger partial charge is 0.315 e. The lowest BCUT2D eigenvalue weighted by molar-refractivity contribution is 0.542. The second kappa shape index (κ2) is 8.16. The summed E-state index contributed by atoms with van der Waals surface area (Å²) in [6.07, 6.45) is 6.50.